The summed E-state index contributed by atoms with van der Waals surface area (Å²) in [4.78, 5) is 16.8. The minimum atomic E-state index is -3.45. The van der Waals surface area contributed by atoms with Gasteiger partial charge in [-0.05, 0) is 30.8 Å². The van der Waals surface area contributed by atoms with E-state index in [-0.39, 0.29) is 23.2 Å². The first-order chi connectivity index (χ1) is 14.0. The second kappa shape index (κ2) is 11.6. The second-order valence-electron chi connectivity index (χ2n) is 6.80. The van der Waals surface area contributed by atoms with Gasteiger partial charge in [0.1, 0.15) is 0 Å². The molecule has 0 heterocycles. The molecule has 158 valence electrons. The summed E-state index contributed by atoms with van der Waals surface area (Å²) in [6.45, 7) is 7.80. The SMILES string of the molecule is CCN(CC)CCNC(=O)N(CCS(=O)(=O)c1ccccc1)Cc1ccccc1. The Bertz CT molecular complexity index is 838. The molecule has 29 heavy (non-hydrogen) atoms. The molecular weight excluding hydrogens is 386 g/mol. The second-order valence-corrected chi connectivity index (χ2v) is 8.91. The number of carbonyl (C=O) groups is 1. The van der Waals surface area contributed by atoms with E-state index in [1.165, 1.54) is 0 Å². The molecule has 0 radical (unpaired) electrons. The van der Waals surface area contributed by atoms with Gasteiger partial charge >= 0.3 is 6.03 Å². The van der Waals surface area contributed by atoms with E-state index in [1.807, 2.05) is 30.3 Å². The number of rotatable bonds is 11. The molecular formula is C22H31N3O3S. The van der Waals surface area contributed by atoms with Gasteiger partial charge in [0.2, 0.25) is 0 Å². The quantitative estimate of drug-likeness (QED) is 0.610. The third-order valence-electron chi connectivity index (χ3n) is 4.83. The maximum Gasteiger partial charge on any atom is 0.317 e. The van der Waals surface area contributed by atoms with Gasteiger partial charge in [-0.3, -0.25) is 0 Å². The summed E-state index contributed by atoms with van der Waals surface area (Å²) in [5.74, 6) is -0.118. The van der Waals surface area contributed by atoms with Crippen LogP contribution in [-0.4, -0.2) is 62.7 Å². The van der Waals surface area contributed by atoms with Crippen molar-refractivity contribution in [2.75, 3.05) is 38.5 Å². The molecule has 1 N–H and O–H groups in total. The zero-order valence-electron chi connectivity index (χ0n) is 17.3. The topological polar surface area (TPSA) is 69.7 Å². The van der Waals surface area contributed by atoms with Gasteiger partial charge in [0.05, 0.1) is 10.6 Å². The van der Waals surface area contributed by atoms with E-state index in [1.54, 1.807) is 35.2 Å². The highest BCUT2D eigenvalue weighted by molar-refractivity contribution is 7.91. The summed E-state index contributed by atoms with van der Waals surface area (Å²) in [5.41, 5.74) is 0.962. The fourth-order valence-corrected chi connectivity index (χ4v) is 4.27. The van der Waals surface area contributed by atoms with Gasteiger partial charge in [-0.2, -0.15) is 0 Å². The lowest BCUT2D eigenvalue weighted by atomic mass is 10.2. The number of nitrogens with zero attached hydrogens (tertiary/aromatic N) is 2. The van der Waals surface area contributed by atoms with Crippen LogP contribution in [0.4, 0.5) is 4.79 Å². The van der Waals surface area contributed by atoms with Crippen LogP contribution in [0.5, 0.6) is 0 Å². The number of hydrogen-bond acceptors (Lipinski definition) is 4. The largest absolute Gasteiger partial charge is 0.337 e. The fourth-order valence-electron chi connectivity index (χ4n) is 3.00. The Kier molecular flexibility index (Phi) is 9.15. The minimum Gasteiger partial charge on any atom is -0.337 e. The molecule has 0 aromatic heterocycles. The number of benzene rings is 2. The molecule has 0 aliphatic carbocycles. The van der Waals surface area contributed by atoms with Crippen LogP contribution in [0.2, 0.25) is 0 Å². The summed E-state index contributed by atoms with van der Waals surface area (Å²) in [7, 11) is -3.45. The highest BCUT2D eigenvalue weighted by atomic mass is 32.2. The van der Waals surface area contributed by atoms with Crippen molar-refractivity contribution in [3.63, 3.8) is 0 Å². The summed E-state index contributed by atoms with van der Waals surface area (Å²) >= 11 is 0. The lowest BCUT2D eigenvalue weighted by molar-refractivity contribution is 0.196. The van der Waals surface area contributed by atoms with Crippen molar-refractivity contribution in [2.24, 2.45) is 0 Å². The van der Waals surface area contributed by atoms with Crippen molar-refractivity contribution in [1.29, 1.82) is 0 Å². The Hall–Kier alpha value is -2.38. The zero-order chi connectivity index (χ0) is 21.1. The van der Waals surface area contributed by atoms with Crippen LogP contribution in [0, 0.1) is 0 Å². The monoisotopic (exact) mass is 417 g/mol. The first-order valence-corrected chi connectivity index (χ1v) is 11.7. The smallest absolute Gasteiger partial charge is 0.317 e. The van der Waals surface area contributed by atoms with E-state index >= 15 is 0 Å². The number of carbonyl (C=O) groups excluding carboxylic acids is 1. The summed E-state index contributed by atoms with van der Waals surface area (Å²) in [6.07, 6.45) is 0. The van der Waals surface area contributed by atoms with E-state index < -0.39 is 9.84 Å². The number of likely N-dealkylation sites (N-methyl/N-ethyl adjacent to an activating group) is 1. The Morgan fingerprint density at radius 1 is 0.897 bits per heavy atom. The summed E-state index contributed by atoms with van der Waals surface area (Å²) in [5, 5.41) is 2.93. The zero-order valence-corrected chi connectivity index (χ0v) is 18.1. The Labute approximate surface area is 174 Å². The van der Waals surface area contributed by atoms with E-state index in [0.29, 0.717) is 13.1 Å². The van der Waals surface area contributed by atoms with Gasteiger partial charge in [0.15, 0.2) is 9.84 Å². The molecule has 0 saturated heterocycles. The van der Waals surface area contributed by atoms with Crippen LogP contribution < -0.4 is 5.32 Å². The molecule has 2 rings (SSSR count). The predicted molar refractivity (Wildman–Crippen MR) is 117 cm³/mol. The van der Waals surface area contributed by atoms with Gasteiger partial charge in [0.25, 0.3) is 0 Å². The third-order valence-corrected chi connectivity index (χ3v) is 6.54. The molecule has 2 amide bonds. The Morgan fingerprint density at radius 3 is 2.07 bits per heavy atom. The third kappa shape index (κ3) is 7.51. The molecule has 0 spiro atoms. The van der Waals surface area contributed by atoms with Crippen LogP contribution in [0.1, 0.15) is 19.4 Å². The predicted octanol–water partition coefficient (Wildman–Crippen LogP) is 3.01. The number of sulfone groups is 1. The maximum atomic E-state index is 12.8. The molecule has 0 bridgehead atoms. The van der Waals surface area contributed by atoms with Crippen LogP contribution in [-0.2, 0) is 16.4 Å². The van der Waals surface area contributed by atoms with Gasteiger partial charge < -0.3 is 15.1 Å². The average Bonchev–Trinajstić information content (AvgIpc) is 2.75. The van der Waals surface area contributed by atoms with Crippen molar-refractivity contribution in [1.82, 2.24) is 15.1 Å². The van der Waals surface area contributed by atoms with Gasteiger partial charge in [-0.15, -0.1) is 0 Å². The average molecular weight is 418 g/mol. The van der Waals surface area contributed by atoms with Gasteiger partial charge in [-0.1, -0.05) is 62.4 Å². The fraction of sp³-hybridized carbons (Fsp3) is 0.409. The number of amides is 2. The van der Waals surface area contributed by atoms with Crippen molar-refractivity contribution < 1.29 is 13.2 Å². The molecule has 0 aliphatic rings. The summed E-state index contributed by atoms with van der Waals surface area (Å²) < 4.78 is 25.3. The molecule has 2 aromatic rings. The lowest BCUT2D eigenvalue weighted by Gasteiger charge is -2.24. The minimum absolute atomic E-state index is 0.118. The van der Waals surface area contributed by atoms with Crippen LogP contribution in [0.3, 0.4) is 0 Å². The van der Waals surface area contributed by atoms with Crippen LogP contribution in [0.15, 0.2) is 65.6 Å². The first-order valence-electron chi connectivity index (χ1n) is 10.0. The molecule has 2 aromatic carbocycles. The number of urea groups is 1. The van der Waals surface area contributed by atoms with E-state index in [4.69, 9.17) is 0 Å². The van der Waals surface area contributed by atoms with Gasteiger partial charge in [0, 0.05) is 26.2 Å². The van der Waals surface area contributed by atoms with Crippen LogP contribution >= 0.6 is 0 Å². The first kappa shape index (κ1) is 22.9. The van der Waals surface area contributed by atoms with Gasteiger partial charge in [-0.25, -0.2) is 13.2 Å². The molecule has 0 aliphatic heterocycles. The molecule has 0 unspecified atom stereocenters. The molecule has 7 heteroatoms. The lowest BCUT2D eigenvalue weighted by Crippen LogP contribution is -2.44. The van der Waals surface area contributed by atoms with E-state index in [9.17, 15) is 13.2 Å². The molecule has 0 atom stereocenters. The maximum absolute atomic E-state index is 12.8. The van der Waals surface area contributed by atoms with Crippen molar-refractivity contribution >= 4 is 15.9 Å². The van der Waals surface area contributed by atoms with E-state index in [0.717, 1.165) is 25.2 Å². The Morgan fingerprint density at radius 2 is 1.48 bits per heavy atom. The normalized spacial score (nSPS) is 11.4. The van der Waals surface area contributed by atoms with Crippen molar-refractivity contribution in [3.8, 4) is 0 Å². The van der Waals surface area contributed by atoms with E-state index in [2.05, 4.69) is 24.1 Å². The van der Waals surface area contributed by atoms with Crippen LogP contribution in [0.25, 0.3) is 0 Å². The number of nitrogens with one attached hydrogen (secondary N) is 1. The standard InChI is InChI=1S/C22H31N3O3S/c1-3-24(4-2)16-15-23-22(26)25(19-20-11-7-5-8-12-20)17-18-29(27,28)21-13-9-6-10-14-21/h5-14H,3-4,15-19H2,1-2H3,(H,23,26). The molecule has 0 fully saturated rings. The Balaban J connectivity index is 2.03. The molecule has 6 nitrogen and oxygen atoms in total. The highest BCUT2D eigenvalue weighted by Crippen LogP contribution is 2.12. The highest BCUT2D eigenvalue weighted by Gasteiger charge is 2.20. The number of hydrogen-bond donors (Lipinski definition) is 1. The summed E-state index contributed by atoms with van der Waals surface area (Å²) in [6, 6.07) is 17.7. The molecule has 0 saturated carbocycles. The van der Waals surface area contributed by atoms with Crippen molar-refractivity contribution in [2.45, 2.75) is 25.3 Å². The van der Waals surface area contributed by atoms with Crippen molar-refractivity contribution in [3.05, 3.63) is 66.2 Å².